The minimum atomic E-state index is -0.836. The number of H-pyrrole nitrogens is 1. The van der Waals surface area contributed by atoms with Gasteiger partial charge in [0.2, 0.25) is 0 Å². The van der Waals surface area contributed by atoms with Crippen LogP contribution in [0.1, 0.15) is 45.5 Å². The number of fused-ring (bicyclic) bond motifs is 1. The molecule has 0 fully saturated rings. The number of nitrogens with one attached hydrogen (secondary N) is 1. The van der Waals surface area contributed by atoms with E-state index < -0.39 is 5.97 Å². The molecule has 0 amide bonds. The Bertz CT molecular complexity index is 725. The molecule has 0 aromatic carbocycles. The highest BCUT2D eigenvalue weighted by Gasteiger charge is 2.22. The third-order valence-electron chi connectivity index (χ3n) is 3.37. The number of hydrogen-bond donors (Lipinski definition) is 2. The van der Waals surface area contributed by atoms with Gasteiger partial charge in [0.1, 0.15) is 10.7 Å². The lowest BCUT2D eigenvalue weighted by Crippen LogP contribution is -2.18. The van der Waals surface area contributed by atoms with E-state index in [1.54, 1.807) is 0 Å². The van der Waals surface area contributed by atoms with Crippen molar-refractivity contribution in [3.63, 3.8) is 0 Å². The molecule has 5 nitrogen and oxygen atoms in total. The van der Waals surface area contributed by atoms with Gasteiger partial charge in [0.05, 0.1) is 5.39 Å². The van der Waals surface area contributed by atoms with Crippen LogP contribution in [0, 0.1) is 5.92 Å². The molecule has 0 saturated heterocycles. The predicted molar refractivity (Wildman–Crippen MR) is 84.1 cm³/mol. The van der Waals surface area contributed by atoms with Crippen molar-refractivity contribution in [2.45, 2.75) is 46.0 Å². The summed E-state index contributed by atoms with van der Waals surface area (Å²) in [6.07, 6.45) is 0.527. The lowest BCUT2D eigenvalue weighted by molar-refractivity contribution is -0.137. The van der Waals surface area contributed by atoms with Crippen LogP contribution in [0.3, 0.4) is 0 Å². The van der Waals surface area contributed by atoms with Crippen LogP contribution in [0.25, 0.3) is 10.2 Å². The van der Waals surface area contributed by atoms with E-state index in [0.29, 0.717) is 17.6 Å². The van der Waals surface area contributed by atoms with Gasteiger partial charge in [-0.1, -0.05) is 27.7 Å². The van der Waals surface area contributed by atoms with E-state index in [0.717, 1.165) is 10.4 Å². The maximum absolute atomic E-state index is 12.3. The number of aromatic nitrogens is 2. The van der Waals surface area contributed by atoms with Crippen molar-refractivity contribution >= 4 is 27.5 Å². The summed E-state index contributed by atoms with van der Waals surface area (Å²) in [4.78, 5) is 31.0. The number of rotatable bonds is 4. The minimum absolute atomic E-state index is 0.0647. The Kier molecular flexibility index (Phi) is 4.18. The molecule has 2 heterocycles. The zero-order valence-corrected chi connectivity index (χ0v) is 13.5. The number of aromatic amines is 1. The Balaban J connectivity index is 2.39. The van der Waals surface area contributed by atoms with Gasteiger partial charge in [-0.2, -0.15) is 0 Å². The summed E-state index contributed by atoms with van der Waals surface area (Å²) < 4.78 is 0. The van der Waals surface area contributed by atoms with Gasteiger partial charge < -0.3 is 10.1 Å². The van der Waals surface area contributed by atoms with Crippen LogP contribution in [0.2, 0.25) is 0 Å². The second-order valence-corrected chi connectivity index (χ2v) is 7.36. The maximum Gasteiger partial charge on any atom is 0.303 e. The third kappa shape index (κ3) is 3.50. The number of carbonyl (C=O) groups is 1. The summed E-state index contributed by atoms with van der Waals surface area (Å²) in [6.45, 7) is 8.04. The first-order valence-corrected chi connectivity index (χ1v) is 7.79. The molecule has 1 unspecified atom stereocenters. The highest BCUT2D eigenvalue weighted by Crippen LogP contribution is 2.31. The van der Waals surface area contributed by atoms with Crippen LogP contribution in [0.15, 0.2) is 10.2 Å². The van der Waals surface area contributed by atoms with Crippen molar-refractivity contribution < 1.29 is 9.90 Å². The number of hydrogen-bond acceptors (Lipinski definition) is 4. The van der Waals surface area contributed by atoms with Crippen LogP contribution in [0.4, 0.5) is 0 Å². The summed E-state index contributed by atoms with van der Waals surface area (Å²) >= 11 is 1.46. The van der Waals surface area contributed by atoms with Crippen molar-refractivity contribution in [2.24, 2.45) is 5.92 Å². The molecule has 21 heavy (non-hydrogen) atoms. The largest absolute Gasteiger partial charge is 0.481 e. The fourth-order valence-corrected chi connectivity index (χ4v) is 3.53. The van der Waals surface area contributed by atoms with Crippen molar-refractivity contribution in [1.82, 2.24) is 9.97 Å². The van der Waals surface area contributed by atoms with Crippen LogP contribution in [-0.2, 0) is 16.6 Å². The molecule has 2 aromatic heterocycles. The van der Waals surface area contributed by atoms with Crippen LogP contribution >= 0.6 is 11.3 Å². The minimum Gasteiger partial charge on any atom is -0.481 e. The van der Waals surface area contributed by atoms with Crippen molar-refractivity contribution in [3.8, 4) is 0 Å². The molecule has 2 N–H and O–H groups in total. The topological polar surface area (TPSA) is 83.0 Å². The monoisotopic (exact) mass is 308 g/mol. The van der Waals surface area contributed by atoms with Gasteiger partial charge in [0, 0.05) is 12.8 Å². The molecule has 0 radical (unpaired) electrons. The highest BCUT2D eigenvalue weighted by molar-refractivity contribution is 7.16. The lowest BCUT2D eigenvalue weighted by Gasteiger charge is -2.17. The summed E-state index contributed by atoms with van der Waals surface area (Å²) in [5.41, 5.74) is 0.760. The van der Waals surface area contributed by atoms with Gasteiger partial charge in [-0.05, 0) is 22.3 Å². The molecule has 0 saturated carbocycles. The molecule has 6 heteroatoms. The van der Waals surface area contributed by atoms with Gasteiger partial charge in [0.25, 0.3) is 5.56 Å². The molecule has 114 valence electrons. The lowest BCUT2D eigenvalue weighted by atomic mass is 9.87. The van der Waals surface area contributed by atoms with E-state index in [1.165, 1.54) is 11.3 Å². The predicted octanol–water partition coefficient (Wildman–Crippen LogP) is 2.94. The first-order chi connectivity index (χ1) is 9.68. The zero-order valence-electron chi connectivity index (χ0n) is 12.7. The molecular weight excluding hydrogens is 288 g/mol. The van der Waals surface area contributed by atoms with Crippen LogP contribution in [-0.4, -0.2) is 21.0 Å². The normalized spacial score (nSPS) is 13.5. The SMILES string of the molecule is CC(CC(=O)O)Cc1nc2scc(C(C)(C)C)c2c(=O)[nH]1. The molecule has 0 aliphatic carbocycles. The zero-order chi connectivity index (χ0) is 15.8. The fourth-order valence-electron chi connectivity index (χ4n) is 2.34. The van der Waals surface area contributed by atoms with Gasteiger partial charge in [-0.15, -0.1) is 11.3 Å². The van der Waals surface area contributed by atoms with Gasteiger partial charge in [0.15, 0.2) is 0 Å². The summed E-state index contributed by atoms with van der Waals surface area (Å²) in [6, 6.07) is 0. The summed E-state index contributed by atoms with van der Waals surface area (Å²) in [5.74, 6) is -0.342. The molecule has 2 rings (SSSR count). The molecule has 0 spiro atoms. The Labute approximate surface area is 127 Å². The molecule has 0 bridgehead atoms. The van der Waals surface area contributed by atoms with Gasteiger partial charge in [-0.25, -0.2) is 4.98 Å². The maximum atomic E-state index is 12.3. The quantitative estimate of drug-likeness (QED) is 0.909. The summed E-state index contributed by atoms with van der Waals surface area (Å²) in [7, 11) is 0. The van der Waals surface area contributed by atoms with Crippen molar-refractivity contribution in [2.75, 3.05) is 0 Å². The Morgan fingerprint density at radius 1 is 1.48 bits per heavy atom. The average molecular weight is 308 g/mol. The van der Waals surface area contributed by atoms with Crippen molar-refractivity contribution in [3.05, 3.63) is 27.1 Å². The van der Waals surface area contributed by atoms with E-state index >= 15 is 0 Å². The summed E-state index contributed by atoms with van der Waals surface area (Å²) in [5, 5.41) is 11.4. The molecule has 0 aliphatic heterocycles. The van der Waals surface area contributed by atoms with Gasteiger partial charge in [-0.3, -0.25) is 9.59 Å². The molecule has 0 aliphatic rings. The van der Waals surface area contributed by atoms with Crippen LogP contribution in [0.5, 0.6) is 0 Å². The molecule has 2 aromatic rings. The smallest absolute Gasteiger partial charge is 0.303 e. The number of thiophene rings is 1. The third-order valence-corrected chi connectivity index (χ3v) is 4.24. The molecule has 1 atom stereocenters. The number of carboxylic acid groups (broad SMARTS) is 1. The molecular formula is C15H20N2O3S. The fraction of sp³-hybridized carbons (Fsp3) is 0.533. The van der Waals surface area contributed by atoms with Crippen molar-refractivity contribution in [1.29, 1.82) is 0 Å². The number of carboxylic acids is 1. The van der Waals surface area contributed by atoms with Crippen LogP contribution < -0.4 is 5.56 Å². The number of aliphatic carboxylic acids is 1. The highest BCUT2D eigenvalue weighted by atomic mass is 32.1. The Morgan fingerprint density at radius 3 is 2.71 bits per heavy atom. The first-order valence-electron chi connectivity index (χ1n) is 6.91. The number of nitrogens with zero attached hydrogens (tertiary/aromatic N) is 1. The van der Waals surface area contributed by atoms with E-state index in [1.807, 2.05) is 12.3 Å². The second-order valence-electron chi connectivity index (χ2n) is 6.50. The van der Waals surface area contributed by atoms with E-state index in [-0.39, 0.29) is 23.3 Å². The standard InChI is InChI=1S/C15H20N2O3S/c1-8(6-11(18)19)5-10-16-13(20)12-9(15(2,3)4)7-21-14(12)17-10/h7-8H,5-6H2,1-4H3,(H,18,19)(H,16,17,20). The van der Waals surface area contributed by atoms with E-state index in [4.69, 9.17) is 5.11 Å². The van der Waals surface area contributed by atoms with E-state index in [9.17, 15) is 9.59 Å². The van der Waals surface area contributed by atoms with Gasteiger partial charge >= 0.3 is 5.97 Å². The second kappa shape index (κ2) is 5.60. The Hall–Kier alpha value is -1.69. The first kappa shape index (κ1) is 15.7. The van der Waals surface area contributed by atoms with E-state index in [2.05, 4.69) is 30.7 Å². The Morgan fingerprint density at radius 2 is 2.14 bits per heavy atom. The average Bonchev–Trinajstić information content (AvgIpc) is 2.71.